The molecule has 0 bridgehead atoms. The minimum absolute atomic E-state index is 0.223. The Morgan fingerprint density at radius 1 is 1.47 bits per heavy atom. The van der Waals surface area contributed by atoms with Gasteiger partial charge >= 0.3 is 5.97 Å². The van der Waals surface area contributed by atoms with Crippen LogP contribution in [0.15, 0.2) is 22.7 Å². The van der Waals surface area contributed by atoms with Gasteiger partial charge in [-0.15, -0.1) is 0 Å². The molecular formula is C11H10BrFO2. The highest BCUT2D eigenvalue weighted by atomic mass is 79.9. The first-order valence-electron chi connectivity index (χ1n) is 4.75. The molecule has 0 aliphatic heterocycles. The van der Waals surface area contributed by atoms with E-state index >= 15 is 0 Å². The second-order valence-corrected chi connectivity index (χ2v) is 4.73. The quantitative estimate of drug-likeness (QED) is 0.898. The van der Waals surface area contributed by atoms with E-state index in [2.05, 4.69) is 15.9 Å². The van der Waals surface area contributed by atoms with Gasteiger partial charge in [-0.3, -0.25) is 4.79 Å². The van der Waals surface area contributed by atoms with Crippen molar-refractivity contribution < 1.29 is 14.3 Å². The molecule has 1 aliphatic rings. The van der Waals surface area contributed by atoms with Gasteiger partial charge in [0.05, 0.1) is 10.4 Å². The Hall–Kier alpha value is -0.900. The number of hydrogen-bond donors (Lipinski definition) is 1. The summed E-state index contributed by atoms with van der Waals surface area (Å²) in [4.78, 5) is 10.6. The molecule has 0 heterocycles. The van der Waals surface area contributed by atoms with E-state index in [0.717, 1.165) is 5.56 Å². The zero-order valence-corrected chi connectivity index (χ0v) is 9.50. The highest BCUT2D eigenvalue weighted by Crippen LogP contribution is 2.42. The van der Waals surface area contributed by atoms with Crippen molar-refractivity contribution in [2.75, 3.05) is 0 Å². The Labute approximate surface area is 95.2 Å². The highest BCUT2D eigenvalue weighted by molar-refractivity contribution is 9.10. The van der Waals surface area contributed by atoms with E-state index in [9.17, 15) is 9.18 Å². The topological polar surface area (TPSA) is 37.3 Å². The fourth-order valence-corrected chi connectivity index (χ4v) is 2.25. The van der Waals surface area contributed by atoms with Crippen LogP contribution in [-0.2, 0) is 4.79 Å². The molecule has 1 saturated carbocycles. The van der Waals surface area contributed by atoms with Crippen LogP contribution in [0.3, 0.4) is 0 Å². The Morgan fingerprint density at radius 3 is 2.67 bits per heavy atom. The maximum absolute atomic E-state index is 12.9. The van der Waals surface area contributed by atoms with Gasteiger partial charge in [-0.25, -0.2) is 4.39 Å². The van der Waals surface area contributed by atoms with Crippen molar-refractivity contribution in [3.8, 4) is 0 Å². The van der Waals surface area contributed by atoms with Gasteiger partial charge in [-0.2, -0.15) is 0 Å². The fraction of sp³-hybridized carbons (Fsp3) is 0.364. The normalized spacial score (nSPS) is 24.7. The van der Waals surface area contributed by atoms with Crippen molar-refractivity contribution >= 4 is 21.9 Å². The molecule has 1 aromatic carbocycles. The fourth-order valence-electron chi connectivity index (χ4n) is 1.86. The van der Waals surface area contributed by atoms with E-state index in [1.165, 1.54) is 6.07 Å². The lowest BCUT2D eigenvalue weighted by Crippen LogP contribution is -2.28. The maximum Gasteiger partial charge on any atom is 0.306 e. The van der Waals surface area contributed by atoms with E-state index in [1.54, 1.807) is 12.1 Å². The third kappa shape index (κ3) is 2.04. The maximum atomic E-state index is 12.9. The van der Waals surface area contributed by atoms with Crippen molar-refractivity contribution in [1.82, 2.24) is 0 Å². The number of benzene rings is 1. The zero-order valence-electron chi connectivity index (χ0n) is 7.91. The summed E-state index contributed by atoms with van der Waals surface area (Å²) < 4.78 is 13.4. The van der Waals surface area contributed by atoms with Crippen molar-refractivity contribution in [2.45, 2.75) is 18.8 Å². The lowest BCUT2D eigenvalue weighted by atomic mass is 9.71. The molecular weight excluding hydrogens is 263 g/mol. The molecule has 1 aromatic rings. The summed E-state index contributed by atoms with van der Waals surface area (Å²) in [6.45, 7) is 0. The van der Waals surface area contributed by atoms with Crippen LogP contribution in [0.25, 0.3) is 0 Å². The van der Waals surface area contributed by atoms with Crippen LogP contribution in [0, 0.1) is 11.7 Å². The monoisotopic (exact) mass is 272 g/mol. The minimum Gasteiger partial charge on any atom is -0.481 e. The molecule has 4 heteroatoms. The molecule has 0 unspecified atom stereocenters. The lowest BCUT2D eigenvalue weighted by Gasteiger charge is -2.32. The number of halogens is 2. The summed E-state index contributed by atoms with van der Waals surface area (Å²) in [5, 5.41) is 8.73. The van der Waals surface area contributed by atoms with Gasteiger partial charge < -0.3 is 5.11 Å². The van der Waals surface area contributed by atoms with Gasteiger partial charge in [0.2, 0.25) is 0 Å². The standard InChI is InChI=1S/C11H10BrFO2/c12-9-5-6(1-2-10(9)13)7-3-8(4-7)11(14)15/h1-2,5,7-8H,3-4H2,(H,14,15). The largest absolute Gasteiger partial charge is 0.481 e. The number of aliphatic carboxylic acids is 1. The van der Waals surface area contributed by atoms with E-state index in [0.29, 0.717) is 17.3 Å². The highest BCUT2D eigenvalue weighted by Gasteiger charge is 2.35. The van der Waals surface area contributed by atoms with Crippen LogP contribution in [-0.4, -0.2) is 11.1 Å². The van der Waals surface area contributed by atoms with Gasteiger partial charge in [0.15, 0.2) is 0 Å². The SMILES string of the molecule is O=C(O)C1CC(c2ccc(F)c(Br)c2)C1. The van der Waals surface area contributed by atoms with E-state index in [-0.39, 0.29) is 17.7 Å². The molecule has 1 N–H and O–H groups in total. The molecule has 1 fully saturated rings. The van der Waals surface area contributed by atoms with Crippen molar-refractivity contribution in [3.05, 3.63) is 34.1 Å². The van der Waals surface area contributed by atoms with Gasteiger partial charge in [0.25, 0.3) is 0 Å². The van der Waals surface area contributed by atoms with E-state index in [4.69, 9.17) is 5.11 Å². The molecule has 1 aliphatic carbocycles. The zero-order chi connectivity index (χ0) is 11.0. The molecule has 0 amide bonds. The van der Waals surface area contributed by atoms with E-state index in [1.807, 2.05) is 0 Å². The first-order valence-corrected chi connectivity index (χ1v) is 5.55. The molecule has 2 rings (SSSR count). The molecule has 0 radical (unpaired) electrons. The van der Waals surface area contributed by atoms with Gasteiger partial charge in [0, 0.05) is 0 Å². The second-order valence-electron chi connectivity index (χ2n) is 3.88. The molecule has 0 aromatic heterocycles. The van der Waals surface area contributed by atoms with Crippen molar-refractivity contribution in [1.29, 1.82) is 0 Å². The summed E-state index contributed by atoms with van der Waals surface area (Å²) in [5.41, 5.74) is 1.01. The number of rotatable bonds is 2. The Kier molecular flexibility index (Phi) is 2.78. The summed E-state index contributed by atoms with van der Waals surface area (Å²) in [6, 6.07) is 4.87. The Bertz CT molecular complexity index is 400. The Balaban J connectivity index is 2.07. The van der Waals surface area contributed by atoms with Crippen molar-refractivity contribution in [2.24, 2.45) is 5.92 Å². The molecule has 2 nitrogen and oxygen atoms in total. The third-order valence-corrected chi connectivity index (χ3v) is 3.51. The van der Waals surface area contributed by atoms with Gasteiger partial charge in [-0.05, 0) is 52.4 Å². The number of hydrogen-bond acceptors (Lipinski definition) is 1. The summed E-state index contributed by atoms with van der Waals surface area (Å²) >= 11 is 3.12. The van der Waals surface area contributed by atoms with Crippen molar-refractivity contribution in [3.63, 3.8) is 0 Å². The molecule has 0 atom stereocenters. The molecule has 80 valence electrons. The first kappa shape index (κ1) is 10.6. The summed E-state index contributed by atoms with van der Waals surface area (Å²) in [6.07, 6.45) is 1.32. The first-order chi connectivity index (χ1) is 7.08. The van der Waals surface area contributed by atoms with Crippen LogP contribution >= 0.6 is 15.9 Å². The average molecular weight is 273 g/mol. The van der Waals surface area contributed by atoms with Crippen LogP contribution in [0.4, 0.5) is 4.39 Å². The van der Waals surface area contributed by atoms with Gasteiger partial charge in [0.1, 0.15) is 5.82 Å². The second kappa shape index (κ2) is 3.93. The van der Waals surface area contributed by atoms with Crippen LogP contribution in [0.2, 0.25) is 0 Å². The number of carboxylic acids is 1. The van der Waals surface area contributed by atoms with E-state index < -0.39 is 5.97 Å². The summed E-state index contributed by atoms with van der Waals surface area (Å²) in [5.74, 6) is -0.970. The predicted molar refractivity (Wildman–Crippen MR) is 57.2 cm³/mol. The predicted octanol–water partition coefficient (Wildman–Crippen LogP) is 3.17. The molecule has 15 heavy (non-hydrogen) atoms. The average Bonchev–Trinajstić information content (AvgIpc) is 2.08. The number of carboxylic acid groups (broad SMARTS) is 1. The lowest BCUT2D eigenvalue weighted by molar-refractivity contribution is -0.145. The van der Waals surface area contributed by atoms with Crippen LogP contribution in [0.1, 0.15) is 24.3 Å². The summed E-state index contributed by atoms with van der Waals surface area (Å²) in [7, 11) is 0. The van der Waals surface area contributed by atoms with Crippen LogP contribution < -0.4 is 0 Å². The molecule has 0 spiro atoms. The number of carbonyl (C=O) groups is 1. The third-order valence-electron chi connectivity index (χ3n) is 2.90. The molecule has 0 saturated heterocycles. The van der Waals surface area contributed by atoms with Crippen LogP contribution in [0.5, 0.6) is 0 Å². The minimum atomic E-state index is -0.729. The van der Waals surface area contributed by atoms with Gasteiger partial charge in [-0.1, -0.05) is 6.07 Å². The Morgan fingerprint density at radius 2 is 2.13 bits per heavy atom. The smallest absolute Gasteiger partial charge is 0.306 e.